The average molecular weight is 565 g/mol. The van der Waals surface area contributed by atoms with Crippen LogP contribution in [0.2, 0.25) is 0 Å². The summed E-state index contributed by atoms with van der Waals surface area (Å²) in [7, 11) is 0. The van der Waals surface area contributed by atoms with Crippen molar-refractivity contribution in [2.75, 3.05) is 11.6 Å². The van der Waals surface area contributed by atoms with Gasteiger partial charge in [0.2, 0.25) is 11.8 Å². The molecule has 1 aliphatic heterocycles. The monoisotopic (exact) mass is 564 g/mol. The minimum atomic E-state index is -1.61. The zero-order valence-corrected chi connectivity index (χ0v) is 24.9. The summed E-state index contributed by atoms with van der Waals surface area (Å²) in [5, 5.41) is 19.6. The highest BCUT2D eigenvalue weighted by Gasteiger charge is 2.41. The third-order valence-corrected chi connectivity index (χ3v) is 6.82. The number of aliphatic hydroxyl groups is 1. The van der Waals surface area contributed by atoms with Gasteiger partial charge in [-0.15, -0.1) is 11.8 Å². The molecule has 0 spiro atoms. The Balaban J connectivity index is 2.24. The van der Waals surface area contributed by atoms with Crippen molar-refractivity contribution in [3.8, 4) is 0 Å². The molecule has 10 nitrogen and oxygen atoms in total. The molecule has 1 saturated heterocycles. The molecule has 1 aromatic carbocycles. The molecule has 4 amide bonds. The first-order valence-corrected chi connectivity index (χ1v) is 14.5. The molecule has 218 valence electrons. The zero-order chi connectivity index (χ0) is 29.4. The molecular formula is C28H44N4O6S. The van der Waals surface area contributed by atoms with Gasteiger partial charge in [-0.05, 0) is 59.9 Å². The highest BCUT2D eigenvalue weighted by Crippen LogP contribution is 2.24. The van der Waals surface area contributed by atoms with E-state index in [9.17, 15) is 24.3 Å². The summed E-state index contributed by atoms with van der Waals surface area (Å²) >= 11 is 1.43. The summed E-state index contributed by atoms with van der Waals surface area (Å²) in [6, 6.07) is 6.54. The van der Waals surface area contributed by atoms with Gasteiger partial charge in [0.05, 0.1) is 11.9 Å². The third-order valence-electron chi connectivity index (χ3n) is 5.81. The standard InChI is InChI=1S/C28H44N4O6S/c1-8-12-19(30-26(37)38-28(5,6)7)23(34)29-20(15-18-13-10-9-11-14-18)22(33)25(36)32-17-39-16-21(32)24(35)31-27(2,3)4/h9-11,13-14,19-22,33H,8,12,15-17H2,1-7H3,(H,29,34)(H,30,37)(H,31,35)/t19-,20-,21-,22-/m0/s1. The largest absolute Gasteiger partial charge is 0.444 e. The minimum absolute atomic E-state index is 0.171. The second kappa shape index (κ2) is 14.0. The third kappa shape index (κ3) is 10.7. The van der Waals surface area contributed by atoms with Crippen LogP contribution in [-0.2, 0) is 25.5 Å². The number of benzene rings is 1. The smallest absolute Gasteiger partial charge is 0.408 e. The van der Waals surface area contributed by atoms with Gasteiger partial charge in [-0.2, -0.15) is 0 Å². The molecule has 0 saturated carbocycles. The summed E-state index contributed by atoms with van der Waals surface area (Å²) in [6.45, 7) is 12.6. The SMILES string of the molecule is CCC[C@H](NC(=O)OC(C)(C)C)C(=O)N[C@@H](Cc1ccccc1)[C@H](O)C(=O)N1CSC[C@H]1C(=O)NC(C)(C)C. The Hall–Kier alpha value is -2.79. The summed E-state index contributed by atoms with van der Waals surface area (Å²) in [5.74, 6) is -0.797. The average Bonchev–Trinajstić information content (AvgIpc) is 3.31. The van der Waals surface area contributed by atoms with Crippen LogP contribution < -0.4 is 16.0 Å². The number of alkyl carbamates (subject to hydrolysis) is 1. The molecular weight excluding hydrogens is 520 g/mol. The van der Waals surface area contributed by atoms with Crippen molar-refractivity contribution in [2.24, 2.45) is 0 Å². The molecule has 2 rings (SSSR count). The Kier molecular flexibility index (Phi) is 11.7. The lowest BCUT2D eigenvalue weighted by Gasteiger charge is -2.32. The number of ether oxygens (including phenoxy) is 1. The van der Waals surface area contributed by atoms with Crippen LogP contribution in [0.15, 0.2) is 30.3 Å². The number of hydrogen-bond acceptors (Lipinski definition) is 7. The molecule has 1 fully saturated rings. The van der Waals surface area contributed by atoms with Gasteiger partial charge in [-0.3, -0.25) is 14.4 Å². The normalized spacial score (nSPS) is 18.1. The number of rotatable bonds is 10. The molecule has 1 heterocycles. The number of thioether (sulfide) groups is 1. The van der Waals surface area contributed by atoms with E-state index in [0.717, 1.165) is 5.56 Å². The van der Waals surface area contributed by atoms with E-state index in [1.54, 1.807) is 20.8 Å². The predicted molar refractivity (Wildman–Crippen MR) is 152 cm³/mol. The second-order valence-electron chi connectivity index (χ2n) is 11.8. The fourth-order valence-corrected chi connectivity index (χ4v) is 5.24. The molecule has 0 unspecified atom stereocenters. The van der Waals surface area contributed by atoms with Crippen LogP contribution in [0, 0.1) is 0 Å². The molecule has 4 N–H and O–H groups in total. The van der Waals surface area contributed by atoms with Crippen LogP contribution >= 0.6 is 11.8 Å². The Bertz CT molecular complexity index is 992. The number of carbonyl (C=O) groups excluding carboxylic acids is 4. The molecule has 0 radical (unpaired) electrons. The van der Waals surface area contributed by atoms with Gasteiger partial charge in [0.25, 0.3) is 5.91 Å². The van der Waals surface area contributed by atoms with E-state index in [4.69, 9.17) is 4.74 Å². The van der Waals surface area contributed by atoms with Crippen molar-refractivity contribution in [3.05, 3.63) is 35.9 Å². The predicted octanol–water partition coefficient (Wildman–Crippen LogP) is 2.58. The molecule has 11 heteroatoms. The zero-order valence-electron chi connectivity index (χ0n) is 24.1. The first kappa shape index (κ1) is 32.4. The van der Waals surface area contributed by atoms with Gasteiger partial charge in [-0.1, -0.05) is 43.7 Å². The fraction of sp³-hybridized carbons (Fsp3) is 0.643. The lowest BCUT2D eigenvalue weighted by molar-refractivity contribution is -0.147. The molecule has 0 aliphatic carbocycles. The quantitative estimate of drug-likeness (QED) is 0.343. The van der Waals surface area contributed by atoms with Crippen LogP contribution in [0.4, 0.5) is 4.79 Å². The summed E-state index contributed by atoms with van der Waals surface area (Å²) in [4.78, 5) is 53.5. The maximum atomic E-state index is 13.5. The lowest BCUT2D eigenvalue weighted by atomic mass is 9.99. The van der Waals surface area contributed by atoms with Gasteiger partial charge in [0.1, 0.15) is 17.7 Å². The summed E-state index contributed by atoms with van der Waals surface area (Å²) in [6.07, 6.45) is -1.22. The van der Waals surface area contributed by atoms with Crippen molar-refractivity contribution in [2.45, 2.75) is 103 Å². The molecule has 4 atom stereocenters. The second-order valence-corrected chi connectivity index (χ2v) is 12.8. The van der Waals surface area contributed by atoms with E-state index >= 15 is 0 Å². The van der Waals surface area contributed by atoms with Crippen molar-refractivity contribution in [1.82, 2.24) is 20.9 Å². The Morgan fingerprint density at radius 2 is 1.72 bits per heavy atom. The summed E-state index contributed by atoms with van der Waals surface area (Å²) in [5.41, 5.74) is -0.407. The fourth-order valence-electron chi connectivity index (χ4n) is 4.07. The maximum Gasteiger partial charge on any atom is 0.408 e. The van der Waals surface area contributed by atoms with Crippen LogP contribution in [-0.4, -0.2) is 80.8 Å². The highest BCUT2D eigenvalue weighted by atomic mass is 32.2. The van der Waals surface area contributed by atoms with Gasteiger partial charge in [0.15, 0.2) is 6.10 Å². The molecule has 0 bridgehead atoms. The first-order chi connectivity index (χ1) is 18.1. The molecule has 1 aliphatic rings. The van der Waals surface area contributed by atoms with Crippen molar-refractivity contribution < 1.29 is 29.0 Å². The Labute approximate surface area is 236 Å². The van der Waals surface area contributed by atoms with Gasteiger partial charge in [0, 0.05) is 11.3 Å². The van der Waals surface area contributed by atoms with E-state index in [2.05, 4.69) is 16.0 Å². The van der Waals surface area contributed by atoms with Crippen LogP contribution in [0.25, 0.3) is 0 Å². The lowest BCUT2D eigenvalue weighted by Crippen LogP contribution is -2.59. The number of hydrogen-bond donors (Lipinski definition) is 4. The van der Waals surface area contributed by atoms with E-state index < -0.39 is 53.3 Å². The first-order valence-electron chi connectivity index (χ1n) is 13.3. The van der Waals surface area contributed by atoms with Crippen LogP contribution in [0.3, 0.4) is 0 Å². The minimum Gasteiger partial charge on any atom is -0.444 e. The number of nitrogens with zero attached hydrogens (tertiary/aromatic N) is 1. The Morgan fingerprint density at radius 3 is 2.28 bits per heavy atom. The summed E-state index contributed by atoms with van der Waals surface area (Å²) < 4.78 is 5.31. The molecule has 1 aromatic rings. The number of carbonyl (C=O) groups is 4. The van der Waals surface area contributed by atoms with E-state index in [0.29, 0.717) is 18.6 Å². The van der Waals surface area contributed by atoms with E-state index in [-0.39, 0.29) is 18.2 Å². The van der Waals surface area contributed by atoms with Crippen molar-refractivity contribution >= 4 is 35.6 Å². The van der Waals surface area contributed by atoms with Gasteiger partial charge < -0.3 is 30.7 Å². The number of nitrogens with one attached hydrogen (secondary N) is 3. The maximum absolute atomic E-state index is 13.5. The Morgan fingerprint density at radius 1 is 1.08 bits per heavy atom. The highest BCUT2D eigenvalue weighted by molar-refractivity contribution is 7.99. The number of amides is 4. The number of aliphatic hydroxyl groups excluding tert-OH is 1. The van der Waals surface area contributed by atoms with Crippen molar-refractivity contribution in [3.63, 3.8) is 0 Å². The molecule has 39 heavy (non-hydrogen) atoms. The van der Waals surface area contributed by atoms with E-state index in [1.165, 1.54) is 16.7 Å². The van der Waals surface area contributed by atoms with Crippen molar-refractivity contribution in [1.29, 1.82) is 0 Å². The van der Waals surface area contributed by atoms with Crippen LogP contribution in [0.1, 0.15) is 66.9 Å². The topological polar surface area (TPSA) is 137 Å². The van der Waals surface area contributed by atoms with Gasteiger partial charge >= 0.3 is 6.09 Å². The van der Waals surface area contributed by atoms with Crippen LogP contribution in [0.5, 0.6) is 0 Å². The molecule has 0 aromatic heterocycles. The van der Waals surface area contributed by atoms with Gasteiger partial charge in [-0.25, -0.2) is 4.79 Å². The van der Waals surface area contributed by atoms with E-state index in [1.807, 2.05) is 58.0 Å².